The summed E-state index contributed by atoms with van der Waals surface area (Å²) in [6.07, 6.45) is 2.77. The zero-order valence-electron chi connectivity index (χ0n) is 14.3. The number of carbonyl (C=O) groups excluding carboxylic acids is 1. The van der Waals surface area contributed by atoms with E-state index < -0.39 is 5.60 Å². The van der Waals surface area contributed by atoms with E-state index in [4.69, 9.17) is 4.74 Å². The summed E-state index contributed by atoms with van der Waals surface area (Å²) in [6.45, 7) is 9.08. The van der Waals surface area contributed by atoms with Crippen LogP contribution in [0.3, 0.4) is 0 Å². The quantitative estimate of drug-likeness (QED) is 0.842. The molecule has 0 radical (unpaired) electrons. The van der Waals surface area contributed by atoms with Gasteiger partial charge in [-0.3, -0.25) is 0 Å². The number of aromatic amines is 1. The Kier molecular flexibility index (Phi) is 3.92. The number of fused-ring (bicyclic) bond motifs is 1. The van der Waals surface area contributed by atoms with Crippen LogP contribution < -0.4 is 0 Å². The fraction of sp³-hybridized carbons (Fsp3) is 0.421. The highest BCUT2D eigenvalue weighted by Crippen LogP contribution is 2.32. The number of rotatable bonds is 1. The first-order valence-corrected chi connectivity index (χ1v) is 8.10. The van der Waals surface area contributed by atoms with Crippen LogP contribution in [-0.4, -0.2) is 34.7 Å². The highest BCUT2D eigenvalue weighted by Gasteiger charge is 2.25. The van der Waals surface area contributed by atoms with Crippen molar-refractivity contribution in [3.63, 3.8) is 0 Å². The zero-order chi connectivity index (χ0) is 16.6. The minimum atomic E-state index is -0.450. The number of aromatic nitrogens is 1. The molecule has 0 unspecified atom stereocenters. The second kappa shape index (κ2) is 5.76. The van der Waals surface area contributed by atoms with Crippen LogP contribution in [0.1, 0.15) is 38.4 Å². The summed E-state index contributed by atoms with van der Waals surface area (Å²) in [5, 5.41) is 1.25. The third-order valence-corrected chi connectivity index (χ3v) is 4.08. The van der Waals surface area contributed by atoms with Gasteiger partial charge in [-0.05, 0) is 45.8 Å². The van der Waals surface area contributed by atoms with Crippen LogP contribution in [0.4, 0.5) is 4.79 Å². The lowest BCUT2D eigenvalue weighted by atomic mass is 9.97. The Morgan fingerprint density at radius 1 is 1.26 bits per heavy atom. The summed E-state index contributed by atoms with van der Waals surface area (Å²) in [7, 11) is 0. The fourth-order valence-corrected chi connectivity index (χ4v) is 3.08. The van der Waals surface area contributed by atoms with Gasteiger partial charge in [0.25, 0.3) is 0 Å². The predicted octanol–water partition coefficient (Wildman–Crippen LogP) is 4.50. The molecule has 3 rings (SSSR count). The van der Waals surface area contributed by atoms with E-state index in [1.165, 1.54) is 22.2 Å². The molecule has 1 N–H and O–H groups in total. The maximum Gasteiger partial charge on any atom is 0.410 e. The van der Waals surface area contributed by atoms with Crippen molar-refractivity contribution in [1.82, 2.24) is 9.88 Å². The Morgan fingerprint density at radius 2 is 2.00 bits per heavy atom. The first kappa shape index (κ1) is 15.7. The third kappa shape index (κ3) is 3.26. The summed E-state index contributed by atoms with van der Waals surface area (Å²) in [4.78, 5) is 17.4. The number of amides is 1. The molecule has 1 amide bonds. The summed E-state index contributed by atoms with van der Waals surface area (Å²) < 4.78 is 5.45. The normalized spacial score (nSPS) is 15.7. The fourth-order valence-electron chi connectivity index (χ4n) is 3.08. The molecule has 0 fully saturated rings. The largest absolute Gasteiger partial charge is 0.444 e. The molecule has 122 valence electrons. The van der Waals surface area contributed by atoms with Gasteiger partial charge in [0.1, 0.15) is 5.60 Å². The lowest BCUT2D eigenvalue weighted by Gasteiger charge is -2.29. The van der Waals surface area contributed by atoms with E-state index in [0.29, 0.717) is 13.1 Å². The third-order valence-electron chi connectivity index (χ3n) is 4.08. The molecule has 1 aromatic heterocycles. The highest BCUT2D eigenvalue weighted by atomic mass is 16.6. The van der Waals surface area contributed by atoms with Gasteiger partial charge in [0.15, 0.2) is 0 Å². The van der Waals surface area contributed by atoms with Crippen LogP contribution >= 0.6 is 0 Å². The second-order valence-electron chi connectivity index (χ2n) is 7.08. The van der Waals surface area contributed by atoms with Crippen molar-refractivity contribution in [2.75, 3.05) is 13.1 Å². The topological polar surface area (TPSA) is 45.3 Å². The number of nitrogens with one attached hydrogen (secondary N) is 1. The predicted molar refractivity (Wildman–Crippen MR) is 93.4 cm³/mol. The zero-order valence-corrected chi connectivity index (χ0v) is 14.3. The van der Waals surface area contributed by atoms with Gasteiger partial charge in [-0.2, -0.15) is 0 Å². The molecule has 4 heteroatoms. The number of H-pyrrole nitrogens is 1. The Morgan fingerprint density at radius 3 is 2.65 bits per heavy atom. The lowest BCUT2D eigenvalue weighted by Crippen LogP contribution is -2.39. The molecule has 4 nitrogen and oxygen atoms in total. The van der Waals surface area contributed by atoms with Gasteiger partial charge in [-0.1, -0.05) is 24.3 Å². The Bertz CT molecular complexity index is 765. The van der Waals surface area contributed by atoms with Crippen molar-refractivity contribution in [2.24, 2.45) is 0 Å². The molecule has 1 aliphatic heterocycles. The van der Waals surface area contributed by atoms with Crippen LogP contribution in [0.25, 0.3) is 16.5 Å². The van der Waals surface area contributed by atoms with Gasteiger partial charge in [-0.15, -0.1) is 0 Å². The summed E-state index contributed by atoms with van der Waals surface area (Å²) >= 11 is 0. The van der Waals surface area contributed by atoms with Crippen molar-refractivity contribution >= 4 is 22.6 Å². The van der Waals surface area contributed by atoms with E-state index in [-0.39, 0.29) is 6.09 Å². The van der Waals surface area contributed by atoms with E-state index in [9.17, 15) is 4.79 Å². The van der Waals surface area contributed by atoms with Crippen molar-refractivity contribution in [3.05, 3.63) is 41.6 Å². The molecule has 1 aliphatic rings. The number of nitrogens with zero attached hydrogens (tertiary/aromatic N) is 1. The van der Waals surface area contributed by atoms with Crippen LogP contribution in [0, 0.1) is 6.92 Å². The summed E-state index contributed by atoms with van der Waals surface area (Å²) in [6, 6.07) is 8.36. The lowest BCUT2D eigenvalue weighted by molar-refractivity contribution is 0.0270. The standard InChI is InChI=1S/C19H24N2O2/c1-13-17(15-7-5-6-8-16(15)20-13)14-9-11-21(12-10-14)18(22)23-19(2,3)4/h5-9,20H,10-12H2,1-4H3. The minimum absolute atomic E-state index is 0.233. The van der Waals surface area contributed by atoms with E-state index in [0.717, 1.165) is 11.9 Å². The molecule has 0 atom stereocenters. The van der Waals surface area contributed by atoms with Gasteiger partial charge in [0, 0.05) is 35.2 Å². The number of hydrogen-bond acceptors (Lipinski definition) is 2. The SMILES string of the molecule is Cc1[nH]c2ccccc2c1C1=CCN(C(=O)OC(C)(C)C)CC1. The van der Waals surface area contributed by atoms with Gasteiger partial charge in [-0.25, -0.2) is 4.79 Å². The molecule has 0 spiro atoms. The number of carbonyl (C=O) groups is 1. The number of benzene rings is 1. The Labute approximate surface area is 137 Å². The van der Waals surface area contributed by atoms with Crippen molar-refractivity contribution in [2.45, 2.75) is 39.7 Å². The molecule has 0 saturated carbocycles. The van der Waals surface area contributed by atoms with Crippen molar-refractivity contribution in [1.29, 1.82) is 0 Å². The summed E-state index contributed by atoms with van der Waals surface area (Å²) in [5.74, 6) is 0. The molecule has 2 aromatic rings. The van der Waals surface area contributed by atoms with E-state index >= 15 is 0 Å². The number of ether oxygens (including phenoxy) is 1. The Hall–Kier alpha value is -2.23. The maximum atomic E-state index is 12.2. The average Bonchev–Trinajstić information content (AvgIpc) is 2.81. The molecule has 0 saturated heterocycles. The Balaban J connectivity index is 1.81. The molecule has 1 aromatic carbocycles. The van der Waals surface area contributed by atoms with E-state index in [1.807, 2.05) is 26.8 Å². The molecule has 0 bridgehead atoms. The van der Waals surface area contributed by atoms with Crippen LogP contribution in [0.5, 0.6) is 0 Å². The average molecular weight is 312 g/mol. The van der Waals surface area contributed by atoms with Crippen LogP contribution in [-0.2, 0) is 4.74 Å². The number of para-hydroxylation sites is 1. The summed E-state index contributed by atoms with van der Waals surface area (Å²) in [5.41, 5.74) is 4.48. The van der Waals surface area contributed by atoms with Gasteiger partial charge in [0.05, 0.1) is 0 Å². The van der Waals surface area contributed by atoms with Crippen LogP contribution in [0.15, 0.2) is 30.3 Å². The molecule has 23 heavy (non-hydrogen) atoms. The molecule has 0 aliphatic carbocycles. The molecular weight excluding hydrogens is 288 g/mol. The van der Waals surface area contributed by atoms with E-state index in [1.54, 1.807) is 4.90 Å². The van der Waals surface area contributed by atoms with Gasteiger partial charge >= 0.3 is 6.09 Å². The van der Waals surface area contributed by atoms with Crippen molar-refractivity contribution < 1.29 is 9.53 Å². The highest BCUT2D eigenvalue weighted by molar-refractivity contribution is 5.94. The van der Waals surface area contributed by atoms with Gasteiger partial charge in [0.2, 0.25) is 0 Å². The second-order valence-corrected chi connectivity index (χ2v) is 7.08. The number of hydrogen-bond donors (Lipinski definition) is 1. The first-order valence-electron chi connectivity index (χ1n) is 8.10. The van der Waals surface area contributed by atoms with Gasteiger partial charge < -0.3 is 14.6 Å². The smallest absolute Gasteiger partial charge is 0.410 e. The molecular formula is C19H24N2O2. The van der Waals surface area contributed by atoms with E-state index in [2.05, 4.69) is 36.2 Å². The molecule has 2 heterocycles. The van der Waals surface area contributed by atoms with Crippen molar-refractivity contribution in [3.8, 4) is 0 Å². The maximum absolute atomic E-state index is 12.2. The first-order chi connectivity index (χ1) is 10.8. The monoisotopic (exact) mass is 312 g/mol. The minimum Gasteiger partial charge on any atom is -0.444 e. The number of aryl methyl sites for hydroxylation is 1. The van der Waals surface area contributed by atoms with Crippen LogP contribution in [0.2, 0.25) is 0 Å².